The molecule has 50 heavy (non-hydrogen) atoms. The summed E-state index contributed by atoms with van der Waals surface area (Å²) in [4.78, 5) is 44.4. The molecule has 0 radical (unpaired) electrons. The largest absolute Gasteiger partial charge is 0.444 e. The Labute approximate surface area is 297 Å². The van der Waals surface area contributed by atoms with Gasteiger partial charge in [0.15, 0.2) is 0 Å². The van der Waals surface area contributed by atoms with E-state index >= 15 is 0 Å². The molecule has 0 saturated heterocycles. The fourth-order valence-electron chi connectivity index (χ4n) is 5.17. The molecule has 1 heterocycles. The van der Waals surface area contributed by atoms with Gasteiger partial charge in [0.2, 0.25) is 5.91 Å². The normalized spacial score (nSPS) is 14.6. The number of hydrogen-bond donors (Lipinski definition) is 5. The number of rotatable bonds is 13. The summed E-state index contributed by atoms with van der Waals surface area (Å²) >= 11 is 0. The highest BCUT2D eigenvalue weighted by Gasteiger charge is 2.37. The maximum atomic E-state index is 13.9. The van der Waals surface area contributed by atoms with Crippen LogP contribution < -0.4 is 21.8 Å². The summed E-state index contributed by atoms with van der Waals surface area (Å²) in [5.74, 6) is -0.869. The first-order valence-corrected chi connectivity index (χ1v) is 17.1. The summed E-state index contributed by atoms with van der Waals surface area (Å²) in [6.07, 6.45) is 0.160. The maximum Gasteiger partial charge on any atom is 0.408 e. The number of pyridine rings is 1. The molecule has 11 heteroatoms. The van der Waals surface area contributed by atoms with Crippen LogP contribution in [-0.2, 0) is 27.3 Å². The third kappa shape index (κ3) is 12.9. The summed E-state index contributed by atoms with van der Waals surface area (Å²) in [6, 6.07) is 20.4. The van der Waals surface area contributed by atoms with Crippen molar-refractivity contribution >= 4 is 17.9 Å². The SMILES string of the molecule is CC(C)(C)OC(=O)N[C@H](C(=O)N[C@@H](Cc1ccccc1)[C@@H](O)CN(Cc1ccc(-c2ccccn2)cc1)NC(=O)[C@@H](N)C(C)(C)C)C(C)(C)C. The highest BCUT2D eigenvalue weighted by atomic mass is 16.6. The average molecular weight is 689 g/mol. The number of hydrazine groups is 1. The Kier molecular flexibility index (Phi) is 13.7. The first-order chi connectivity index (χ1) is 23.2. The molecule has 0 aliphatic heterocycles. The van der Waals surface area contributed by atoms with Gasteiger partial charge in [0.1, 0.15) is 11.6 Å². The topological polar surface area (TPSA) is 159 Å². The monoisotopic (exact) mass is 688 g/mol. The van der Waals surface area contributed by atoms with Gasteiger partial charge >= 0.3 is 6.09 Å². The molecule has 3 aromatic rings. The molecule has 11 nitrogen and oxygen atoms in total. The van der Waals surface area contributed by atoms with E-state index in [0.29, 0.717) is 6.42 Å². The molecule has 272 valence electrons. The fraction of sp³-hybridized carbons (Fsp3) is 0.487. The van der Waals surface area contributed by atoms with Crippen molar-refractivity contribution in [3.8, 4) is 11.3 Å². The van der Waals surface area contributed by atoms with Gasteiger partial charge in [-0.05, 0) is 61.3 Å². The minimum Gasteiger partial charge on any atom is -0.444 e. The molecule has 0 unspecified atom stereocenters. The second-order valence-corrected chi connectivity index (χ2v) is 15.9. The van der Waals surface area contributed by atoms with E-state index in [4.69, 9.17) is 10.5 Å². The number of nitrogens with zero attached hydrogens (tertiary/aromatic N) is 2. The molecule has 0 bridgehead atoms. The second kappa shape index (κ2) is 17.1. The number of amides is 3. The quantitative estimate of drug-likeness (QED) is 0.157. The van der Waals surface area contributed by atoms with Crippen molar-refractivity contribution in [1.82, 2.24) is 26.1 Å². The lowest BCUT2D eigenvalue weighted by molar-refractivity contribution is -0.131. The van der Waals surface area contributed by atoms with Crippen LogP contribution in [0.3, 0.4) is 0 Å². The van der Waals surface area contributed by atoms with Crippen LogP contribution in [0.1, 0.15) is 73.4 Å². The molecule has 6 N–H and O–H groups in total. The molecule has 2 aromatic carbocycles. The predicted molar refractivity (Wildman–Crippen MR) is 196 cm³/mol. The number of ether oxygens (including phenoxy) is 1. The molecule has 0 aliphatic rings. The van der Waals surface area contributed by atoms with E-state index in [-0.39, 0.29) is 13.1 Å². The van der Waals surface area contributed by atoms with E-state index in [9.17, 15) is 19.5 Å². The lowest BCUT2D eigenvalue weighted by atomic mass is 9.85. The summed E-state index contributed by atoms with van der Waals surface area (Å²) in [7, 11) is 0. The van der Waals surface area contributed by atoms with Gasteiger partial charge in [-0.3, -0.25) is 20.0 Å². The number of aliphatic hydroxyl groups is 1. The summed E-state index contributed by atoms with van der Waals surface area (Å²) in [5.41, 5.74) is 10.8. The van der Waals surface area contributed by atoms with E-state index < -0.39 is 58.6 Å². The molecule has 1 aromatic heterocycles. The van der Waals surface area contributed by atoms with Crippen LogP contribution in [-0.4, -0.2) is 69.4 Å². The standard InChI is InChI=1S/C39H56N6O5/c1-37(2,3)32(40)34(47)44-45(24-27-18-20-28(21-19-27)29-17-13-14-22-41-29)25-31(46)30(23-26-15-11-10-12-16-26)42-35(48)33(38(4,5)6)43-36(49)50-39(7,8)9/h10-22,30-33,46H,23-25,40H2,1-9H3,(H,42,48)(H,43,49)(H,44,47)/t30-,31-,32+,33+/m0/s1. The number of aliphatic hydroxyl groups excluding tert-OH is 1. The zero-order valence-corrected chi connectivity index (χ0v) is 31.0. The van der Waals surface area contributed by atoms with Crippen LogP contribution in [0.25, 0.3) is 11.3 Å². The lowest BCUT2D eigenvalue weighted by Crippen LogP contribution is -2.60. The van der Waals surface area contributed by atoms with E-state index in [1.807, 2.05) is 114 Å². The fourth-order valence-corrected chi connectivity index (χ4v) is 5.17. The summed E-state index contributed by atoms with van der Waals surface area (Å²) in [5, 5.41) is 19.2. The Hall–Kier alpha value is -4.32. The number of benzene rings is 2. The number of carbonyl (C=O) groups is 3. The highest BCUT2D eigenvalue weighted by Crippen LogP contribution is 2.22. The minimum atomic E-state index is -1.15. The van der Waals surface area contributed by atoms with Gasteiger partial charge in [0.05, 0.1) is 23.9 Å². The zero-order valence-electron chi connectivity index (χ0n) is 31.0. The smallest absolute Gasteiger partial charge is 0.408 e. The Morgan fingerprint density at radius 3 is 1.96 bits per heavy atom. The maximum absolute atomic E-state index is 13.9. The van der Waals surface area contributed by atoms with Crippen LogP contribution in [0.15, 0.2) is 79.0 Å². The second-order valence-electron chi connectivity index (χ2n) is 15.9. The van der Waals surface area contributed by atoms with Gasteiger partial charge in [0.25, 0.3) is 5.91 Å². The van der Waals surface area contributed by atoms with Crippen molar-refractivity contribution in [3.05, 3.63) is 90.1 Å². The van der Waals surface area contributed by atoms with Crippen molar-refractivity contribution in [2.75, 3.05) is 6.54 Å². The summed E-state index contributed by atoms with van der Waals surface area (Å²) < 4.78 is 5.44. The van der Waals surface area contributed by atoms with E-state index in [1.165, 1.54) is 0 Å². The van der Waals surface area contributed by atoms with Crippen LogP contribution in [0.5, 0.6) is 0 Å². The third-order valence-electron chi connectivity index (χ3n) is 8.06. The van der Waals surface area contributed by atoms with E-state index in [2.05, 4.69) is 21.0 Å². The predicted octanol–water partition coefficient (Wildman–Crippen LogP) is 4.98. The Bertz CT molecular complexity index is 1530. The Balaban J connectivity index is 1.90. The zero-order chi connectivity index (χ0) is 37.3. The van der Waals surface area contributed by atoms with E-state index in [0.717, 1.165) is 22.4 Å². The van der Waals surface area contributed by atoms with Gasteiger partial charge in [-0.25, -0.2) is 9.80 Å². The number of carbonyl (C=O) groups excluding carboxylic acids is 3. The molecule has 3 rings (SSSR count). The molecular weight excluding hydrogens is 632 g/mol. The molecule has 4 atom stereocenters. The lowest BCUT2D eigenvalue weighted by Gasteiger charge is -2.35. The van der Waals surface area contributed by atoms with E-state index in [1.54, 1.807) is 32.0 Å². The van der Waals surface area contributed by atoms with Crippen molar-refractivity contribution in [1.29, 1.82) is 0 Å². The molecular formula is C39H56N6O5. The average Bonchev–Trinajstić information content (AvgIpc) is 3.02. The van der Waals surface area contributed by atoms with Crippen LogP contribution >= 0.6 is 0 Å². The van der Waals surface area contributed by atoms with Gasteiger partial charge < -0.3 is 26.2 Å². The first-order valence-electron chi connectivity index (χ1n) is 17.1. The van der Waals surface area contributed by atoms with Gasteiger partial charge in [0, 0.05) is 24.8 Å². The molecule has 0 spiro atoms. The third-order valence-corrected chi connectivity index (χ3v) is 8.06. The van der Waals surface area contributed by atoms with Gasteiger partial charge in [-0.15, -0.1) is 0 Å². The number of nitrogens with one attached hydrogen (secondary N) is 3. The van der Waals surface area contributed by atoms with Crippen molar-refractivity contribution in [2.45, 2.75) is 105 Å². The minimum absolute atomic E-state index is 0.0396. The van der Waals surface area contributed by atoms with Gasteiger partial charge in [-0.2, -0.15) is 0 Å². The number of nitrogens with two attached hydrogens (primary N) is 1. The Morgan fingerprint density at radius 2 is 1.42 bits per heavy atom. The molecule has 0 fully saturated rings. The van der Waals surface area contributed by atoms with Crippen LogP contribution in [0, 0.1) is 10.8 Å². The Morgan fingerprint density at radius 1 is 0.800 bits per heavy atom. The van der Waals surface area contributed by atoms with Crippen molar-refractivity contribution < 1.29 is 24.2 Å². The first kappa shape index (κ1) is 40.1. The van der Waals surface area contributed by atoms with Crippen LogP contribution in [0.2, 0.25) is 0 Å². The highest BCUT2D eigenvalue weighted by molar-refractivity contribution is 5.86. The molecule has 0 aliphatic carbocycles. The van der Waals surface area contributed by atoms with Crippen LogP contribution in [0.4, 0.5) is 4.79 Å². The number of hydrogen-bond acceptors (Lipinski definition) is 8. The molecule has 0 saturated carbocycles. The molecule has 3 amide bonds. The van der Waals surface area contributed by atoms with Crippen molar-refractivity contribution in [3.63, 3.8) is 0 Å². The number of aromatic nitrogens is 1. The number of alkyl carbamates (subject to hydrolysis) is 1. The summed E-state index contributed by atoms with van der Waals surface area (Å²) in [6.45, 7) is 16.6. The van der Waals surface area contributed by atoms with Gasteiger partial charge in [-0.1, -0.05) is 102 Å². The van der Waals surface area contributed by atoms with Crippen molar-refractivity contribution in [2.24, 2.45) is 16.6 Å².